The van der Waals surface area contributed by atoms with Crippen LogP contribution in [-0.4, -0.2) is 127 Å². The van der Waals surface area contributed by atoms with Crippen molar-refractivity contribution in [1.82, 2.24) is 35.5 Å². The average molecular weight is 1040 g/mol. The molecule has 4 saturated heterocycles. The highest BCUT2D eigenvalue weighted by Gasteiger charge is 2.48. The smallest absolute Gasteiger partial charge is 0.319 e. The Labute approximate surface area is 445 Å². The standard InChI is InChI=1S/C60H75F2N9O5/c1-4-43-48(61)11-9-40-31-42(73)33-46(50(40)43)53-51(62)54-47(34-64-53)55(71-24-6-16-60(36-71)23-30-76-60)66-57(65-54)75-37-59(19-20-59)35-69-27-21-58(22-28-69)17-12-41(13-18-58)70-25-14-38(15-26-70)39-8-10-44-49(32-39)68(3)67-52(44)45(7-5-29-72)56(74)63-2/h8-11,29,31-34,38,41,45,52,67,73H,4-7,12-28,30,35-37H2,1-3H3,(H,63,74). The molecule has 16 heteroatoms. The largest absolute Gasteiger partial charge is 0.508 e. The number of carbonyl (C=O) groups is 2. The number of nitrogens with zero attached hydrogens (tertiary/aromatic N) is 7. The highest BCUT2D eigenvalue weighted by atomic mass is 19.1. The van der Waals surface area contributed by atoms with Crippen LogP contribution in [0.15, 0.2) is 48.7 Å². The van der Waals surface area contributed by atoms with Crippen LogP contribution in [0.4, 0.5) is 20.3 Å². The molecule has 12 rings (SSSR count). The molecule has 14 nitrogen and oxygen atoms in total. The number of hydrogen-bond acceptors (Lipinski definition) is 13. The molecule has 7 aliphatic rings. The van der Waals surface area contributed by atoms with Crippen LogP contribution in [0, 0.1) is 28.4 Å². The minimum Gasteiger partial charge on any atom is -0.508 e. The number of aromatic hydroxyl groups is 1. The number of phenols is 1. The van der Waals surface area contributed by atoms with Crippen molar-refractivity contribution >= 4 is 45.4 Å². The van der Waals surface area contributed by atoms with E-state index >= 15 is 8.78 Å². The number of aromatic nitrogens is 3. The number of piperidine rings is 3. The van der Waals surface area contributed by atoms with Gasteiger partial charge in [-0.2, -0.15) is 9.97 Å². The van der Waals surface area contributed by atoms with Gasteiger partial charge in [0.15, 0.2) is 5.82 Å². The van der Waals surface area contributed by atoms with E-state index in [-0.39, 0.29) is 57.7 Å². The first-order valence-electron chi connectivity index (χ1n) is 28.5. The summed E-state index contributed by atoms with van der Waals surface area (Å²) in [6, 6.07) is 13.5. The Morgan fingerprint density at radius 2 is 1.76 bits per heavy atom. The van der Waals surface area contributed by atoms with E-state index in [1.165, 1.54) is 56.2 Å². The highest BCUT2D eigenvalue weighted by molar-refractivity contribution is 6.02. The van der Waals surface area contributed by atoms with Crippen LogP contribution in [0.2, 0.25) is 0 Å². The molecule has 2 saturated carbocycles. The van der Waals surface area contributed by atoms with E-state index in [4.69, 9.17) is 19.4 Å². The first-order valence-corrected chi connectivity index (χ1v) is 28.5. The lowest BCUT2D eigenvalue weighted by atomic mass is 9.66. The van der Waals surface area contributed by atoms with Crippen molar-refractivity contribution in [3.05, 3.63) is 77.0 Å². The van der Waals surface area contributed by atoms with Crippen molar-refractivity contribution < 1.29 is 33.0 Å². The number of benzene rings is 3. The molecule has 5 aliphatic heterocycles. The van der Waals surface area contributed by atoms with Crippen LogP contribution in [0.25, 0.3) is 32.9 Å². The summed E-state index contributed by atoms with van der Waals surface area (Å²) in [5.41, 5.74) is 8.17. The molecule has 1 amide bonds. The zero-order valence-electron chi connectivity index (χ0n) is 44.6. The van der Waals surface area contributed by atoms with E-state index in [0.29, 0.717) is 82.9 Å². The minimum absolute atomic E-state index is 0.00488. The number of hydrazine groups is 1. The zero-order valence-corrected chi connectivity index (χ0v) is 44.6. The van der Waals surface area contributed by atoms with Crippen molar-refractivity contribution in [1.29, 1.82) is 0 Å². The molecule has 3 N–H and O–H groups in total. The number of fused-ring (bicyclic) bond motifs is 3. The van der Waals surface area contributed by atoms with Gasteiger partial charge in [-0.25, -0.2) is 14.2 Å². The van der Waals surface area contributed by atoms with Crippen molar-refractivity contribution in [2.24, 2.45) is 16.7 Å². The second-order valence-corrected chi connectivity index (χ2v) is 23.8. The van der Waals surface area contributed by atoms with E-state index in [1.54, 1.807) is 25.4 Å². The molecule has 3 aromatic carbocycles. The predicted molar refractivity (Wildman–Crippen MR) is 291 cm³/mol. The number of likely N-dealkylation sites (tertiary alicyclic amines) is 2. The van der Waals surface area contributed by atoms with Gasteiger partial charge in [0, 0.05) is 69.8 Å². The number of amides is 1. The number of aryl methyl sites for hydroxylation is 1. The number of nitrogens with one attached hydrogen (secondary N) is 2. The Morgan fingerprint density at radius 3 is 2.47 bits per heavy atom. The third-order valence-electron chi connectivity index (χ3n) is 19.3. The number of pyridine rings is 1. The second-order valence-electron chi connectivity index (χ2n) is 23.8. The van der Waals surface area contributed by atoms with E-state index < -0.39 is 5.82 Å². The molecule has 0 bridgehead atoms. The lowest BCUT2D eigenvalue weighted by molar-refractivity contribution is -0.151. The fourth-order valence-corrected chi connectivity index (χ4v) is 14.5. The Bertz CT molecular complexity index is 3000. The number of aldehydes is 1. The summed E-state index contributed by atoms with van der Waals surface area (Å²) in [7, 11) is 3.68. The maximum atomic E-state index is 17.3. The van der Waals surface area contributed by atoms with E-state index in [1.807, 2.05) is 14.0 Å². The maximum Gasteiger partial charge on any atom is 0.319 e. The number of hydrogen-bond donors (Lipinski definition) is 3. The fraction of sp³-hybridized carbons (Fsp3) is 0.583. The van der Waals surface area contributed by atoms with Crippen LogP contribution >= 0.6 is 0 Å². The van der Waals surface area contributed by atoms with Gasteiger partial charge in [-0.3, -0.25) is 9.78 Å². The second kappa shape index (κ2) is 20.7. The van der Waals surface area contributed by atoms with Crippen molar-refractivity contribution in [3.8, 4) is 23.0 Å². The highest BCUT2D eigenvalue weighted by Crippen LogP contribution is 2.51. The summed E-state index contributed by atoms with van der Waals surface area (Å²) in [5.74, 6) is -0.362. The Hall–Kier alpha value is -5.55. The SMILES string of the molecule is CCc1c(F)ccc2cc(O)cc(-c3ncc4c(N5CCCC6(CCO6)C5)nc(OCC5(CN6CCC7(CCC(N8CCC(c9ccc%10c(c9)N(C)NC%10C(CCC=O)C(=O)NC)CC8)CC7)CC6)CC5)nc4c3F)c12. The first kappa shape index (κ1) is 51.2. The molecule has 5 aromatic rings. The van der Waals surface area contributed by atoms with Crippen LogP contribution in [-0.2, 0) is 20.7 Å². The summed E-state index contributed by atoms with van der Waals surface area (Å²) in [4.78, 5) is 46.2. The van der Waals surface area contributed by atoms with Gasteiger partial charge in [-0.05, 0) is 179 Å². The molecule has 3 atom stereocenters. The summed E-state index contributed by atoms with van der Waals surface area (Å²) in [6.45, 7) is 9.84. The monoisotopic (exact) mass is 1040 g/mol. The van der Waals surface area contributed by atoms with Gasteiger partial charge >= 0.3 is 6.01 Å². The first-order chi connectivity index (χ1) is 36.9. The number of anilines is 2. The fourth-order valence-electron chi connectivity index (χ4n) is 14.5. The third-order valence-corrected chi connectivity index (χ3v) is 19.3. The quantitative estimate of drug-likeness (QED) is 0.0856. The van der Waals surface area contributed by atoms with Gasteiger partial charge < -0.3 is 44.4 Å². The number of phenolic OH excluding ortho intramolecular Hbond substituents is 1. The van der Waals surface area contributed by atoms with E-state index in [0.717, 1.165) is 108 Å². The lowest BCUT2D eigenvalue weighted by Crippen LogP contribution is -2.56. The third kappa shape index (κ3) is 9.67. The molecule has 404 valence electrons. The normalized spacial score (nSPS) is 24.2. The molecule has 76 heavy (non-hydrogen) atoms. The van der Waals surface area contributed by atoms with Crippen LogP contribution in [0.1, 0.15) is 132 Å². The Morgan fingerprint density at radius 1 is 0.974 bits per heavy atom. The Kier molecular flexibility index (Phi) is 13.9. The molecule has 3 unspecified atom stereocenters. The Balaban J connectivity index is 0.675. The summed E-state index contributed by atoms with van der Waals surface area (Å²) >= 11 is 0. The number of carbonyl (C=O) groups excluding carboxylic acids is 2. The molecular weight excluding hydrogens is 965 g/mol. The predicted octanol–water partition coefficient (Wildman–Crippen LogP) is 9.55. The average Bonchev–Trinajstić information content (AvgIpc) is 4.14. The van der Waals surface area contributed by atoms with Crippen LogP contribution in [0.5, 0.6) is 11.8 Å². The maximum absolute atomic E-state index is 17.3. The van der Waals surface area contributed by atoms with Gasteiger partial charge in [0.05, 0.1) is 41.8 Å². The number of halogens is 2. The topological polar surface area (TPSA) is 149 Å². The van der Waals surface area contributed by atoms with Crippen molar-refractivity contribution in [2.45, 2.75) is 133 Å². The molecule has 0 radical (unpaired) electrons. The molecule has 6 fully saturated rings. The molecule has 2 aliphatic carbocycles. The van der Waals surface area contributed by atoms with Crippen molar-refractivity contribution in [2.75, 3.05) is 83.0 Å². The number of ether oxygens (including phenoxy) is 2. The van der Waals surface area contributed by atoms with E-state index in [9.17, 15) is 14.7 Å². The van der Waals surface area contributed by atoms with Crippen LogP contribution in [0.3, 0.4) is 0 Å². The lowest BCUT2D eigenvalue weighted by Gasteiger charge is -2.49. The van der Waals surface area contributed by atoms with Gasteiger partial charge in [0.1, 0.15) is 34.9 Å². The van der Waals surface area contributed by atoms with Gasteiger partial charge in [-0.1, -0.05) is 25.1 Å². The van der Waals surface area contributed by atoms with Crippen molar-refractivity contribution in [3.63, 3.8) is 0 Å². The van der Waals surface area contributed by atoms with E-state index in [2.05, 4.69) is 53.6 Å². The zero-order chi connectivity index (χ0) is 52.3. The molecule has 2 aromatic heterocycles. The van der Waals surface area contributed by atoms with Gasteiger partial charge in [0.25, 0.3) is 0 Å². The van der Waals surface area contributed by atoms with Crippen LogP contribution < -0.4 is 25.4 Å². The summed E-state index contributed by atoms with van der Waals surface area (Å²) in [6.07, 6.45) is 18.7. The molecule has 2 spiro atoms. The molecule has 7 heterocycles. The minimum atomic E-state index is -0.658. The van der Waals surface area contributed by atoms with Gasteiger partial charge in [-0.15, -0.1) is 0 Å². The summed E-state index contributed by atoms with van der Waals surface area (Å²) in [5, 5.41) is 17.3. The summed E-state index contributed by atoms with van der Waals surface area (Å²) < 4.78 is 45.3. The number of rotatable bonds is 15. The molecular formula is C60H75F2N9O5. The van der Waals surface area contributed by atoms with Gasteiger partial charge in [0.2, 0.25) is 5.91 Å².